The largest absolute Gasteiger partial charge is 2.00 e. The molecule has 13 heteroatoms. The minimum Gasteiger partial charge on any atom is -0.632 e. The van der Waals surface area contributed by atoms with Crippen LogP contribution in [-0.2, 0) is 77.2 Å². The van der Waals surface area contributed by atoms with Crippen molar-refractivity contribution >= 4 is 41.4 Å². The third-order valence-electron chi connectivity index (χ3n) is 0.515. The van der Waals surface area contributed by atoms with E-state index in [1.54, 1.807) is 12.1 Å². The van der Waals surface area contributed by atoms with Crippen LogP contribution in [-0.4, -0.2) is 38.5 Å². The molecular formula is C8H14N2O6P2V2W. The number of nitrogens with one attached hydrogen (secondary N) is 2. The van der Waals surface area contributed by atoms with Crippen LogP contribution in [0.1, 0.15) is 0 Å². The Bertz CT molecular complexity index is 209. The first-order chi connectivity index (χ1) is 8.37. The molecule has 0 heterocycles. The Morgan fingerprint density at radius 1 is 0.905 bits per heavy atom. The van der Waals surface area contributed by atoms with Gasteiger partial charge >= 0.3 is 58.2 Å². The molecule has 0 aliphatic heterocycles. The van der Waals surface area contributed by atoms with Crippen molar-refractivity contribution in [1.29, 1.82) is 0 Å². The van der Waals surface area contributed by atoms with Gasteiger partial charge in [0, 0.05) is 0 Å². The molecule has 8 nitrogen and oxygen atoms in total. The molecule has 0 fully saturated rings. The van der Waals surface area contributed by atoms with E-state index in [0.717, 1.165) is 14.2 Å². The van der Waals surface area contributed by atoms with E-state index >= 15 is 0 Å². The summed E-state index contributed by atoms with van der Waals surface area (Å²) in [6.07, 6.45) is -1.99. The molecule has 2 radical (unpaired) electrons. The molecule has 2 atom stereocenters. The van der Waals surface area contributed by atoms with Gasteiger partial charge in [-0.3, -0.25) is 21.6 Å². The van der Waals surface area contributed by atoms with Gasteiger partial charge in [-0.15, -0.1) is 0 Å². The van der Waals surface area contributed by atoms with Crippen LogP contribution in [0.2, 0.25) is 0 Å². The molecule has 0 aromatic heterocycles. The van der Waals surface area contributed by atoms with Gasteiger partial charge in [0.25, 0.3) is 0 Å². The van der Waals surface area contributed by atoms with E-state index < -0.39 is 12.2 Å². The van der Waals surface area contributed by atoms with Gasteiger partial charge in [-0.1, -0.05) is 0 Å². The zero-order valence-electron chi connectivity index (χ0n) is 11.2. The molecule has 0 rings (SSSR count). The van der Waals surface area contributed by atoms with E-state index in [4.69, 9.17) is 21.1 Å². The fourth-order valence-electron chi connectivity index (χ4n) is 0. The van der Waals surface area contributed by atoms with E-state index in [9.17, 15) is 9.59 Å². The Labute approximate surface area is 166 Å². The van der Waals surface area contributed by atoms with Crippen molar-refractivity contribution in [3.8, 4) is 0 Å². The average molecular weight is 582 g/mol. The maximum atomic E-state index is 9.26. The third kappa shape index (κ3) is 164. The molecule has 0 saturated carbocycles. The summed E-state index contributed by atoms with van der Waals surface area (Å²) in [5.74, 6) is 0. The minimum absolute atomic E-state index is 0. The molecule has 0 bridgehead atoms. The van der Waals surface area contributed by atoms with Crippen molar-refractivity contribution in [1.82, 2.24) is 0 Å². The first kappa shape index (κ1) is 43.0. The summed E-state index contributed by atoms with van der Waals surface area (Å²) in [5.41, 5.74) is 11.9. The van der Waals surface area contributed by atoms with Crippen LogP contribution in [0.3, 0.4) is 0 Å². The van der Waals surface area contributed by atoms with Gasteiger partial charge in [0.05, 0.1) is 14.2 Å². The number of ether oxygens (including phenoxy) is 2. The van der Waals surface area contributed by atoms with Gasteiger partial charge in [-0.2, -0.15) is 0 Å². The fourth-order valence-corrected chi connectivity index (χ4v) is 0. The molecule has 0 aliphatic rings. The van der Waals surface area contributed by atoms with Crippen LogP contribution >= 0.6 is 17.2 Å². The van der Waals surface area contributed by atoms with Crippen LogP contribution in [0, 0.1) is 13.3 Å². The summed E-state index contributed by atoms with van der Waals surface area (Å²) in [5, 5.41) is 0. The Morgan fingerprint density at radius 2 is 1.00 bits per heavy atom. The minimum atomic E-state index is -0.995. The summed E-state index contributed by atoms with van der Waals surface area (Å²) >= 11 is 0. The maximum Gasteiger partial charge on any atom is 2.00 e. The number of hydrogen-bond acceptors (Lipinski definition) is 6. The van der Waals surface area contributed by atoms with Crippen LogP contribution in [0.4, 0.5) is 9.59 Å². The van der Waals surface area contributed by atoms with Crippen LogP contribution in [0.25, 0.3) is 11.5 Å². The van der Waals surface area contributed by atoms with Crippen molar-refractivity contribution < 1.29 is 86.8 Å². The standard InChI is InChI=1S/2C2H5NO2.2C2H3OP.2V.W/c2*1-5-2(3)4;2*1-4-2-3;;;/h2*1H3,(H2,3,4);2*4H,1H2;;;/q;;2*-2;3*+2/p-2. The summed E-state index contributed by atoms with van der Waals surface area (Å²) in [6.45, 7) is 6.42. The smallest absolute Gasteiger partial charge is 0.632 e. The summed E-state index contributed by atoms with van der Waals surface area (Å²) in [7, 11) is 2.49. The number of rotatable bonds is 2. The summed E-state index contributed by atoms with van der Waals surface area (Å²) < 4.78 is 7.56. The maximum absolute atomic E-state index is 9.26. The number of methoxy groups -OCH3 is 2. The van der Waals surface area contributed by atoms with Crippen molar-refractivity contribution in [3.63, 3.8) is 0 Å². The van der Waals surface area contributed by atoms with E-state index in [0.29, 0.717) is 0 Å². The number of amides is 2. The molecule has 21 heavy (non-hydrogen) atoms. The molecule has 0 spiro atoms. The van der Waals surface area contributed by atoms with Crippen molar-refractivity contribution in [2.75, 3.05) is 14.2 Å². The zero-order chi connectivity index (χ0) is 15.4. The Balaban J connectivity index is -0.0000000239. The molecule has 2 amide bonds. The number of hydrogen-bond donors (Lipinski definition) is 0. The van der Waals surface area contributed by atoms with Crippen LogP contribution < -0.4 is 0 Å². The second-order valence-corrected chi connectivity index (χ2v) is 2.66. The fraction of sp³-hybridized carbons (Fsp3) is 0.250. The van der Waals surface area contributed by atoms with Gasteiger partial charge in [-0.25, -0.2) is 0 Å². The topological polar surface area (TPSA) is 134 Å². The molecule has 0 aliphatic carbocycles. The second-order valence-electron chi connectivity index (χ2n) is 1.54. The SMILES string of the molecule is COC([NH-])=O.COC([NH-])=O.[CH2-]P[C-]=O.[CH2-]P[C-]=O.[V+2].[V+2].[W+2]. The molecule has 0 saturated heterocycles. The number of carbonyl (C=O) groups excluding carboxylic acids is 4. The molecule has 2 unspecified atom stereocenters. The van der Waals surface area contributed by atoms with Crippen LogP contribution in [0.5, 0.6) is 0 Å². The summed E-state index contributed by atoms with van der Waals surface area (Å²) in [6, 6.07) is 3.19. The number of carbonyl (C=O) groups is 2. The molecule has 0 aromatic rings. The molecular weight excluding hydrogens is 568 g/mol. The predicted molar refractivity (Wildman–Crippen MR) is 72.2 cm³/mol. The molecule has 118 valence electrons. The van der Waals surface area contributed by atoms with Gasteiger partial charge in [-0.05, 0) is 0 Å². The van der Waals surface area contributed by atoms with Crippen molar-refractivity contribution in [2.24, 2.45) is 0 Å². The van der Waals surface area contributed by atoms with E-state index in [-0.39, 0.29) is 75.3 Å². The quantitative estimate of drug-likeness (QED) is 0.363. The Hall–Kier alpha value is 0.597. The second kappa shape index (κ2) is 49.8. The van der Waals surface area contributed by atoms with Crippen LogP contribution in [0.15, 0.2) is 0 Å². The van der Waals surface area contributed by atoms with E-state index in [2.05, 4.69) is 22.8 Å². The average Bonchev–Trinajstić information content (AvgIpc) is 2.39. The molecule has 2 N–H and O–H groups in total. The third-order valence-corrected chi connectivity index (χ3v) is 0.804. The Morgan fingerprint density at radius 3 is 1.00 bits per heavy atom. The monoisotopic (exact) mass is 582 g/mol. The first-order valence-corrected chi connectivity index (χ1v) is 6.16. The van der Waals surface area contributed by atoms with Crippen molar-refractivity contribution in [2.45, 2.75) is 0 Å². The van der Waals surface area contributed by atoms with Crippen molar-refractivity contribution in [3.05, 3.63) is 24.8 Å². The molecule has 0 aromatic carbocycles. The van der Waals surface area contributed by atoms with Gasteiger partial charge in [0.1, 0.15) is 0 Å². The van der Waals surface area contributed by atoms with Gasteiger partial charge < -0.3 is 61.0 Å². The Kier molecular flexibility index (Phi) is 102. The normalized spacial score (nSPS) is 6.67. The van der Waals surface area contributed by atoms with E-state index in [1.807, 2.05) is 0 Å². The zero-order valence-corrected chi connectivity index (χ0v) is 18.9. The summed E-state index contributed by atoms with van der Waals surface area (Å²) in [4.78, 5) is 36.5. The van der Waals surface area contributed by atoms with E-state index in [1.165, 1.54) is 0 Å². The predicted octanol–water partition coefficient (Wildman–Crippen LogP) is 2.65. The van der Waals surface area contributed by atoms with Gasteiger partial charge in [0.2, 0.25) is 12.2 Å². The van der Waals surface area contributed by atoms with Gasteiger partial charge in [0.15, 0.2) is 0 Å². The first-order valence-electron chi connectivity index (χ1n) is 3.75.